The van der Waals surface area contributed by atoms with Crippen molar-refractivity contribution in [3.05, 3.63) is 12.2 Å². The molecule has 0 heterocycles. The zero-order valence-electron chi connectivity index (χ0n) is 15.3. The average Bonchev–Trinajstić information content (AvgIpc) is 2.46. The van der Waals surface area contributed by atoms with Crippen molar-refractivity contribution in [3.8, 4) is 0 Å². The Morgan fingerprint density at radius 2 is 0.952 bits per heavy atom. The van der Waals surface area contributed by atoms with Gasteiger partial charge in [-0.2, -0.15) is 0 Å². The van der Waals surface area contributed by atoms with E-state index in [1.807, 2.05) is 0 Å². The molecule has 0 saturated carbocycles. The van der Waals surface area contributed by atoms with E-state index < -0.39 is 0 Å². The van der Waals surface area contributed by atoms with Gasteiger partial charge in [-0.3, -0.25) is 0 Å². The molecule has 0 spiro atoms. The molecule has 0 unspecified atom stereocenters. The molecule has 0 bridgehead atoms. The van der Waals surface area contributed by atoms with Gasteiger partial charge in [-0.05, 0) is 18.8 Å². The lowest BCUT2D eigenvalue weighted by atomic mass is 10.0. The van der Waals surface area contributed by atoms with E-state index in [1.165, 1.54) is 96.3 Å². The third-order valence-electron chi connectivity index (χ3n) is 4.25. The normalized spacial score (nSPS) is 11.8. The summed E-state index contributed by atoms with van der Waals surface area (Å²) in [5, 5.41) is 0. The zero-order chi connectivity index (χ0) is 15.6. The fraction of sp³-hybridized carbons (Fsp3) is 0.905. The highest BCUT2D eigenvalue weighted by Gasteiger charge is 1.93. The van der Waals surface area contributed by atoms with Crippen LogP contribution in [0.25, 0.3) is 0 Å². The molecule has 0 fully saturated rings. The molecule has 0 heteroatoms. The quantitative estimate of drug-likeness (QED) is 0.199. The standard InChI is InChI=1S/C21H42/c1-4-5-6-7-8-9-10-11-12-13-14-15-16-17-18-19-20-21(2)3/h19-21H,4-18H2,1-3H3/b20-19+. The van der Waals surface area contributed by atoms with E-state index in [0.29, 0.717) is 0 Å². The number of hydrogen-bond acceptors (Lipinski definition) is 0. The minimum Gasteiger partial charge on any atom is -0.0883 e. The van der Waals surface area contributed by atoms with E-state index in [-0.39, 0.29) is 0 Å². The van der Waals surface area contributed by atoms with Gasteiger partial charge >= 0.3 is 0 Å². The van der Waals surface area contributed by atoms with E-state index in [0.717, 1.165) is 5.92 Å². The van der Waals surface area contributed by atoms with Gasteiger partial charge in [-0.25, -0.2) is 0 Å². The van der Waals surface area contributed by atoms with E-state index in [4.69, 9.17) is 0 Å². The van der Waals surface area contributed by atoms with Crippen LogP contribution in [-0.4, -0.2) is 0 Å². The first kappa shape index (κ1) is 20.7. The molecular formula is C21H42. The molecule has 0 aromatic rings. The molecule has 0 aromatic heterocycles. The highest BCUT2D eigenvalue weighted by molar-refractivity contribution is 4.83. The molecule has 0 atom stereocenters. The summed E-state index contributed by atoms with van der Waals surface area (Å²) in [6.45, 7) is 6.80. The third kappa shape index (κ3) is 19.7. The Labute approximate surface area is 135 Å². The summed E-state index contributed by atoms with van der Waals surface area (Å²) in [5.74, 6) is 0.719. The Morgan fingerprint density at radius 1 is 0.571 bits per heavy atom. The predicted molar refractivity (Wildman–Crippen MR) is 98.9 cm³/mol. The summed E-state index contributed by atoms with van der Waals surface area (Å²) < 4.78 is 0. The highest BCUT2D eigenvalue weighted by atomic mass is 14.0. The summed E-state index contributed by atoms with van der Waals surface area (Å²) in [6, 6.07) is 0. The van der Waals surface area contributed by atoms with Crippen molar-refractivity contribution in [2.45, 2.75) is 117 Å². The summed E-state index contributed by atoms with van der Waals surface area (Å²) >= 11 is 0. The Kier molecular flexibility index (Phi) is 17.6. The zero-order valence-corrected chi connectivity index (χ0v) is 15.3. The maximum absolute atomic E-state index is 2.37. The van der Waals surface area contributed by atoms with Gasteiger partial charge in [0.15, 0.2) is 0 Å². The topological polar surface area (TPSA) is 0 Å². The van der Waals surface area contributed by atoms with Crippen LogP contribution >= 0.6 is 0 Å². The minimum absolute atomic E-state index is 0.719. The largest absolute Gasteiger partial charge is 0.0883 e. The Bertz CT molecular complexity index is 202. The highest BCUT2D eigenvalue weighted by Crippen LogP contribution is 2.13. The predicted octanol–water partition coefficient (Wildman–Crippen LogP) is 8.07. The first-order valence-electron chi connectivity index (χ1n) is 9.94. The Hall–Kier alpha value is -0.260. The van der Waals surface area contributed by atoms with E-state index in [2.05, 4.69) is 32.9 Å². The molecule has 0 amide bonds. The SMILES string of the molecule is CCCCCCCCCCCCCCCC/C=C/C(C)C. The smallest absolute Gasteiger partial charge is 0.0290 e. The molecule has 0 N–H and O–H groups in total. The van der Waals surface area contributed by atoms with E-state index in [1.54, 1.807) is 0 Å². The van der Waals surface area contributed by atoms with Crippen molar-refractivity contribution in [3.63, 3.8) is 0 Å². The van der Waals surface area contributed by atoms with Crippen molar-refractivity contribution >= 4 is 0 Å². The van der Waals surface area contributed by atoms with Crippen LogP contribution in [0.1, 0.15) is 117 Å². The molecule has 0 aliphatic rings. The first-order valence-corrected chi connectivity index (χ1v) is 9.94. The van der Waals surface area contributed by atoms with Crippen LogP contribution in [0, 0.1) is 5.92 Å². The third-order valence-corrected chi connectivity index (χ3v) is 4.25. The average molecular weight is 295 g/mol. The van der Waals surface area contributed by atoms with Crippen LogP contribution in [0.15, 0.2) is 12.2 Å². The van der Waals surface area contributed by atoms with Crippen LogP contribution in [0.3, 0.4) is 0 Å². The maximum Gasteiger partial charge on any atom is -0.0290 e. The second kappa shape index (κ2) is 17.8. The molecule has 0 rings (SSSR count). The van der Waals surface area contributed by atoms with Gasteiger partial charge in [0.2, 0.25) is 0 Å². The van der Waals surface area contributed by atoms with Crippen LogP contribution in [0.2, 0.25) is 0 Å². The number of unbranched alkanes of at least 4 members (excludes halogenated alkanes) is 14. The van der Waals surface area contributed by atoms with Gasteiger partial charge in [-0.15, -0.1) is 0 Å². The van der Waals surface area contributed by atoms with E-state index in [9.17, 15) is 0 Å². The van der Waals surface area contributed by atoms with Crippen LogP contribution in [0.5, 0.6) is 0 Å². The minimum atomic E-state index is 0.719. The van der Waals surface area contributed by atoms with Gasteiger partial charge in [-0.1, -0.05) is 116 Å². The van der Waals surface area contributed by atoms with E-state index >= 15 is 0 Å². The first-order chi connectivity index (χ1) is 10.3. The molecule has 0 nitrogen and oxygen atoms in total. The van der Waals surface area contributed by atoms with Gasteiger partial charge in [0.05, 0.1) is 0 Å². The summed E-state index contributed by atoms with van der Waals surface area (Å²) in [6.07, 6.45) is 26.3. The lowest BCUT2D eigenvalue weighted by molar-refractivity contribution is 0.536. The summed E-state index contributed by atoms with van der Waals surface area (Å²) in [7, 11) is 0. The molecule has 0 aromatic carbocycles. The molecule has 0 radical (unpaired) electrons. The summed E-state index contributed by atoms with van der Waals surface area (Å²) in [5.41, 5.74) is 0. The Balaban J connectivity index is 2.99. The van der Waals surface area contributed by atoms with Gasteiger partial charge < -0.3 is 0 Å². The van der Waals surface area contributed by atoms with Crippen molar-refractivity contribution < 1.29 is 0 Å². The number of hydrogen-bond donors (Lipinski definition) is 0. The molecule has 126 valence electrons. The van der Waals surface area contributed by atoms with Crippen molar-refractivity contribution in [2.24, 2.45) is 5.92 Å². The second-order valence-electron chi connectivity index (χ2n) is 7.06. The number of allylic oxidation sites excluding steroid dienone is 2. The molecule has 0 saturated heterocycles. The molecule has 0 aliphatic heterocycles. The van der Waals surface area contributed by atoms with Crippen molar-refractivity contribution in [2.75, 3.05) is 0 Å². The fourth-order valence-corrected chi connectivity index (χ4v) is 2.83. The Morgan fingerprint density at radius 3 is 1.33 bits per heavy atom. The monoisotopic (exact) mass is 294 g/mol. The van der Waals surface area contributed by atoms with Crippen LogP contribution < -0.4 is 0 Å². The van der Waals surface area contributed by atoms with Crippen LogP contribution in [0.4, 0.5) is 0 Å². The van der Waals surface area contributed by atoms with Crippen LogP contribution in [-0.2, 0) is 0 Å². The van der Waals surface area contributed by atoms with Crippen molar-refractivity contribution in [1.82, 2.24) is 0 Å². The molecule has 21 heavy (non-hydrogen) atoms. The van der Waals surface area contributed by atoms with Crippen molar-refractivity contribution in [1.29, 1.82) is 0 Å². The maximum atomic E-state index is 2.37. The summed E-state index contributed by atoms with van der Waals surface area (Å²) in [4.78, 5) is 0. The second-order valence-corrected chi connectivity index (χ2v) is 7.06. The van der Waals surface area contributed by atoms with Gasteiger partial charge in [0, 0.05) is 0 Å². The molecule has 0 aliphatic carbocycles. The lowest BCUT2D eigenvalue weighted by Crippen LogP contribution is -1.83. The van der Waals surface area contributed by atoms with Gasteiger partial charge in [0.1, 0.15) is 0 Å². The lowest BCUT2D eigenvalue weighted by Gasteiger charge is -2.03. The molecular weight excluding hydrogens is 252 g/mol. The van der Waals surface area contributed by atoms with Gasteiger partial charge in [0.25, 0.3) is 0 Å². The fourth-order valence-electron chi connectivity index (χ4n) is 2.83. The number of rotatable bonds is 16.